The molecule has 1 aliphatic heterocycles. The second kappa shape index (κ2) is 4.96. The molecule has 3 aliphatic rings. The SMILES string of the molecule is CC(C)=C1[C@H]2C=C[C@@H]1[C@H]1C(=O)N(c3ccc(Cl)c(Cl)c3)C(=O)[C@H]12. The summed E-state index contributed by atoms with van der Waals surface area (Å²) in [5, 5.41) is 0.746. The third-order valence-corrected chi connectivity index (χ3v) is 5.89. The van der Waals surface area contributed by atoms with Crippen molar-refractivity contribution in [2.45, 2.75) is 13.8 Å². The number of imide groups is 1. The maximum atomic E-state index is 12.9. The van der Waals surface area contributed by atoms with Crippen LogP contribution >= 0.6 is 23.2 Å². The van der Waals surface area contributed by atoms with Crippen molar-refractivity contribution < 1.29 is 9.59 Å². The summed E-state index contributed by atoms with van der Waals surface area (Å²) in [6.07, 6.45) is 4.16. The maximum absolute atomic E-state index is 12.9. The lowest BCUT2D eigenvalue weighted by atomic mass is 9.85. The Balaban J connectivity index is 1.77. The van der Waals surface area contributed by atoms with E-state index in [1.165, 1.54) is 16.0 Å². The molecule has 0 aromatic heterocycles. The second-order valence-electron chi connectivity index (χ2n) is 6.55. The molecule has 4 atom stereocenters. The Morgan fingerprint density at radius 1 is 0.957 bits per heavy atom. The average molecular weight is 348 g/mol. The van der Waals surface area contributed by atoms with Crippen molar-refractivity contribution in [1.82, 2.24) is 0 Å². The minimum Gasteiger partial charge on any atom is -0.274 e. The number of carbonyl (C=O) groups excluding carboxylic acids is 2. The first-order valence-corrected chi connectivity index (χ1v) is 8.36. The molecule has 1 aromatic carbocycles. The number of carbonyl (C=O) groups is 2. The summed E-state index contributed by atoms with van der Waals surface area (Å²) in [6, 6.07) is 4.86. The molecule has 23 heavy (non-hydrogen) atoms. The molecular formula is C18H15Cl2NO2. The highest BCUT2D eigenvalue weighted by Gasteiger charge is 2.61. The van der Waals surface area contributed by atoms with Crippen LogP contribution in [-0.4, -0.2) is 11.8 Å². The summed E-state index contributed by atoms with van der Waals surface area (Å²) in [5.74, 6) is -0.713. The summed E-state index contributed by atoms with van der Waals surface area (Å²) >= 11 is 12.0. The van der Waals surface area contributed by atoms with E-state index in [-0.39, 0.29) is 35.5 Å². The molecule has 2 fully saturated rings. The maximum Gasteiger partial charge on any atom is 0.238 e. The molecule has 1 saturated heterocycles. The molecule has 1 saturated carbocycles. The van der Waals surface area contributed by atoms with Crippen LogP contribution in [-0.2, 0) is 9.59 Å². The quantitative estimate of drug-likeness (QED) is 0.562. The molecule has 2 amide bonds. The van der Waals surface area contributed by atoms with Crippen molar-refractivity contribution in [2.75, 3.05) is 4.90 Å². The van der Waals surface area contributed by atoms with E-state index in [1.54, 1.807) is 18.2 Å². The minimum absolute atomic E-state index is 0.0548. The predicted molar refractivity (Wildman–Crippen MR) is 90.4 cm³/mol. The summed E-state index contributed by atoms with van der Waals surface area (Å²) in [4.78, 5) is 27.1. The fourth-order valence-corrected chi connectivity index (χ4v) is 4.60. The van der Waals surface area contributed by atoms with E-state index in [2.05, 4.69) is 26.0 Å². The van der Waals surface area contributed by atoms with Gasteiger partial charge in [-0.15, -0.1) is 0 Å². The molecule has 3 nitrogen and oxygen atoms in total. The number of fused-ring (bicyclic) bond motifs is 5. The topological polar surface area (TPSA) is 37.4 Å². The van der Waals surface area contributed by atoms with Gasteiger partial charge in [-0.2, -0.15) is 0 Å². The summed E-state index contributed by atoms with van der Waals surface area (Å²) < 4.78 is 0. The van der Waals surface area contributed by atoms with Crippen molar-refractivity contribution in [3.05, 3.63) is 51.5 Å². The molecule has 1 aromatic rings. The van der Waals surface area contributed by atoms with E-state index in [4.69, 9.17) is 23.2 Å². The second-order valence-corrected chi connectivity index (χ2v) is 7.37. The van der Waals surface area contributed by atoms with Gasteiger partial charge in [0.25, 0.3) is 0 Å². The fourth-order valence-electron chi connectivity index (χ4n) is 4.31. The number of rotatable bonds is 1. The molecule has 1 heterocycles. The van der Waals surface area contributed by atoms with E-state index < -0.39 is 0 Å². The summed E-state index contributed by atoms with van der Waals surface area (Å²) in [5.41, 5.74) is 2.96. The highest BCUT2D eigenvalue weighted by atomic mass is 35.5. The Morgan fingerprint density at radius 3 is 2.00 bits per heavy atom. The van der Waals surface area contributed by atoms with E-state index in [0.717, 1.165) is 0 Å². The third kappa shape index (κ3) is 1.90. The van der Waals surface area contributed by atoms with Gasteiger partial charge in [0.1, 0.15) is 0 Å². The Labute approximate surface area is 144 Å². The zero-order chi connectivity index (χ0) is 16.5. The molecule has 2 aliphatic carbocycles. The summed E-state index contributed by atoms with van der Waals surface area (Å²) in [6.45, 7) is 4.10. The minimum atomic E-state index is -0.281. The lowest BCUT2D eigenvalue weighted by Crippen LogP contribution is -2.33. The largest absolute Gasteiger partial charge is 0.274 e. The third-order valence-electron chi connectivity index (χ3n) is 5.15. The lowest BCUT2D eigenvalue weighted by Gasteiger charge is -2.19. The fraction of sp³-hybridized carbons (Fsp3) is 0.333. The van der Waals surface area contributed by atoms with E-state index in [1.807, 2.05) is 0 Å². The van der Waals surface area contributed by atoms with Gasteiger partial charge in [-0.25, -0.2) is 4.90 Å². The number of hydrogen-bond donors (Lipinski definition) is 0. The molecule has 0 unspecified atom stereocenters. The van der Waals surface area contributed by atoms with Crippen LogP contribution in [0.15, 0.2) is 41.5 Å². The van der Waals surface area contributed by atoms with Gasteiger partial charge >= 0.3 is 0 Å². The number of allylic oxidation sites excluding steroid dienone is 4. The number of amides is 2. The van der Waals surface area contributed by atoms with E-state index in [0.29, 0.717) is 15.7 Å². The van der Waals surface area contributed by atoms with Crippen LogP contribution < -0.4 is 4.90 Å². The summed E-state index contributed by atoms with van der Waals surface area (Å²) in [7, 11) is 0. The number of hydrogen-bond acceptors (Lipinski definition) is 2. The zero-order valence-corrected chi connectivity index (χ0v) is 14.2. The van der Waals surface area contributed by atoms with Crippen LogP contribution in [0.5, 0.6) is 0 Å². The van der Waals surface area contributed by atoms with Crippen LogP contribution in [0.4, 0.5) is 5.69 Å². The van der Waals surface area contributed by atoms with Gasteiger partial charge in [-0.1, -0.05) is 46.5 Å². The van der Waals surface area contributed by atoms with Gasteiger partial charge in [0.05, 0.1) is 27.6 Å². The number of benzene rings is 1. The highest BCUT2D eigenvalue weighted by molar-refractivity contribution is 6.42. The Hall–Kier alpha value is -1.58. The first-order valence-electron chi connectivity index (χ1n) is 7.60. The Morgan fingerprint density at radius 2 is 1.52 bits per heavy atom. The van der Waals surface area contributed by atoms with Crippen LogP contribution in [0, 0.1) is 23.7 Å². The number of halogens is 2. The van der Waals surface area contributed by atoms with Crippen molar-refractivity contribution >= 4 is 40.7 Å². The van der Waals surface area contributed by atoms with E-state index >= 15 is 0 Å². The van der Waals surface area contributed by atoms with Crippen LogP contribution in [0.25, 0.3) is 0 Å². The molecule has 0 radical (unpaired) electrons. The van der Waals surface area contributed by atoms with Gasteiger partial charge in [0, 0.05) is 11.8 Å². The smallest absolute Gasteiger partial charge is 0.238 e. The van der Waals surface area contributed by atoms with Crippen molar-refractivity contribution in [3.8, 4) is 0 Å². The molecule has 0 N–H and O–H groups in total. The van der Waals surface area contributed by atoms with Crippen molar-refractivity contribution in [3.63, 3.8) is 0 Å². The van der Waals surface area contributed by atoms with Crippen LogP contribution in [0.1, 0.15) is 13.8 Å². The lowest BCUT2D eigenvalue weighted by molar-refractivity contribution is -0.122. The molecule has 0 spiro atoms. The highest BCUT2D eigenvalue weighted by Crippen LogP contribution is 2.57. The number of nitrogens with zero attached hydrogens (tertiary/aromatic N) is 1. The molecule has 4 rings (SSSR count). The van der Waals surface area contributed by atoms with Crippen LogP contribution in [0.2, 0.25) is 10.0 Å². The molecule has 2 bridgehead atoms. The number of anilines is 1. The monoisotopic (exact) mass is 347 g/mol. The first-order chi connectivity index (χ1) is 10.9. The van der Waals surface area contributed by atoms with Gasteiger partial charge < -0.3 is 0 Å². The normalized spacial score (nSPS) is 31.3. The zero-order valence-electron chi connectivity index (χ0n) is 12.7. The molecule has 5 heteroatoms. The first kappa shape index (κ1) is 15.0. The molecule has 118 valence electrons. The Kier molecular flexibility index (Phi) is 3.23. The van der Waals surface area contributed by atoms with E-state index in [9.17, 15) is 9.59 Å². The standard InChI is InChI=1S/C18H15Cl2NO2/c1-8(2)14-10-4-5-11(14)16-15(10)17(22)21(18(16)23)9-3-6-12(19)13(20)7-9/h3-7,10-11,15-16H,1-2H3/t10-,11+,15+,16-. The Bertz CT molecular complexity index is 773. The van der Waals surface area contributed by atoms with Gasteiger partial charge in [-0.3, -0.25) is 9.59 Å². The van der Waals surface area contributed by atoms with Crippen LogP contribution in [0.3, 0.4) is 0 Å². The average Bonchev–Trinajstić information content (AvgIpc) is 3.13. The van der Waals surface area contributed by atoms with Crippen molar-refractivity contribution in [1.29, 1.82) is 0 Å². The van der Waals surface area contributed by atoms with Gasteiger partial charge in [-0.05, 0) is 32.0 Å². The van der Waals surface area contributed by atoms with Gasteiger partial charge in [0.2, 0.25) is 11.8 Å². The predicted octanol–water partition coefficient (Wildman–Crippen LogP) is 4.25. The van der Waals surface area contributed by atoms with Crippen molar-refractivity contribution in [2.24, 2.45) is 23.7 Å². The van der Waals surface area contributed by atoms with Gasteiger partial charge in [0.15, 0.2) is 0 Å². The molecular weight excluding hydrogens is 333 g/mol.